The minimum absolute atomic E-state index is 0.150. The van der Waals surface area contributed by atoms with Crippen LogP contribution >= 0.6 is 0 Å². The summed E-state index contributed by atoms with van der Waals surface area (Å²) >= 11 is 0. The van der Waals surface area contributed by atoms with E-state index >= 15 is 0 Å². The minimum atomic E-state index is -0.478. The van der Waals surface area contributed by atoms with E-state index in [1.54, 1.807) is 55.1 Å². The van der Waals surface area contributed by atoms with Gasteiger partial charge in [-0.15, -0.1) is 0 Å². The van der Waals surface area contributed by atoms with Crippen LogP contribution in [0.4, 0.5) is 0 Å². The summed E-state index contributed by atoms with van der Waals surface area (Å²) in [6, 6.07) is 11.9. The molecule has 0 fully saturated rings. The van der Waals surface area contributed by atoms with Crippen LogP contribution in [-0.4, -0.2) is 61.4 Å². The summed E-state index contributed by atoms with van der Waals surface area (Å²) in [5, 5.41) is 0.534. The SMILES string of the molecule is COCCn1c([C@@H](C)N(CCCCCCN)C(=O)c2cc(OC)cc(OC)c2)nc2ccccc2c1=O. The summed E-state index contributed by atoms with van der Waals surface area (Å²) in [5.41, 5.74) is 6.54. The molecule has 9 heteroatoms. The van der Waals surface area contributed by atoms with Gasteiger partial charge in [-0.1, -0.05) is 25.0 Å². The molecule has 1 atom stereocenters. The lowest BCUT2D eigenvalue weighted by atomic mass is 10.1. The van der Waals surface area contributed by atoms with Crippen molar-refractivity contribution in [1.29, 1.82) is 0 Å². The average Bonchev–Trinajstić information content (AvgIpc) is 2.93. The van der Waals surface area contributed by atoms with Gasteiger partial charge < -0.3 is 24.8 Å². The first-order valence-corrected chi connectivity index (χ1v) is 12.7. The van der Waals surface area contributed by atoms with Crippen molar-refractivity contribution in [3.05, 3.63) is 64.2 Å². The fraction of sp³-hybridized carbons (Fsp3) is 0.464. The standard InChI is InChI=1S/C28H38N4O5/c1-20(26-30-25-12-8-7-11-24(25)28(34)32(26)15-16-35-2)31(14-10-6-5-9-13-29)27(33)21-17-22(36-3)19-23(18-21)37-4/h7-8,11-12,17-20H,5-6,9-10,13-16,29H2,1-4H3/t20-/m1/s1. The predicted octanol–water partition coefficient (Wildman–Crippen LogP) is 3.78. The van der Waals surface area contributed by atoms with Crippen LogP contribution in [0.5, 0.6) is 11.5 Å². The van der Waals surface area contributed by atoms with Gasteiger partial charge in [0.15, 0.2) is 0 Å². The van der Waals surface area contributed by atoms with Crippen molar-refractivity contribution < 1.29 is 19.0 Å². The van der Waals surface area contributed by atoms with E-state index in [9.17, 15) is 9.59 Å². The molecule has 2 N–H and O–H groups in total. The zero-order valence-corrected chi connectivity index (χ0v) is 22.2. The Balaban J connectivity index is 2.06. The molecule has 1 amide bonds. The first-order valence-electron chi connectivity index (χ1n) is 12.7. The van der Waals surface area contributed by atoms with Crippen LogP contribution in [0.25, 0.3) is 10.9 Å². The number of para-hydroxylation sites is 1. The molecule has 1 heterocycles. The van der Waals surface area contributed by atoms with Crippen molar-refractivity contribution in [3.8, 4) is 11.5 Å². The topological polar surface area (TPSA) is 109 Å². The van der Waals surface area contributed by atoms with E-state index in [4.69, 9.17) is 24.9 Å². The maximum absolute atomic E-state index is 13.9. The molecule has 0 aliphatic carbocycles. The van der Waals surface area contributed by atoms with Gasteiger partial charge >= 0.3 is 0 Å². The van der Waals surface area contributed by atoms with E-state index in [-0.39, 0.29) is 11.5 Å². The van der Waals surface area contributed by atoms with Crippen LogP contribution < -0.4 is 20.8 Å². The first kappa shape index (κ1) is 28.1. The number of fused-ring (bicyclic) bond motifs is 1. The number of unbranched alkanes of at least 4 members (excludes halogenated alkanes) is 3. The Hall–Kier alpha value is -3.43. The largest absolute Gasteiger partial charge is 0.497 e. The predicted molar refractivity (Wildman–Crippen MR) is 144 cm³/mol. The molecule has 2 aromatic carbocycles. The average molecular weight is 511 g/mol. The summed E-state index contributed by atoms with van der Waals surface area (Å²) in [6.45, 7) is 3.74. The highest BCUT2D eigenvalue weighted by Crippen LogP contribution is 2.27. The molecule has 0 spiro atoms. The van der Waals surface area contributed by atoms with Crippen LogP contribution in [0, 0.1) is 0 Å². The number of carbonyl (C=O) groups excluding carboxylic acids is 1. The molecular weight excluding hydrogens is 472 g/mol. The van der Waals surface area contributed by atoms with Gasteiger partial charge in [-0.05, 0) is 50.6 Å². The third-order valence-electron chi connectivity index (χ3n) is 6.46. The van der Waals surface area contributed by atoms with E-state index < -0.39 is 6.04 Å². The van der Waals surface area contributed by atoms with Gasteiger partial charge in [-0.3, -0.25) is 14.2 Å². The van der Waals surface area contributed by atoms with Gasteiger partial charge in [0.1, 0.15) is 17.3 Å². The highest BCUT2D eigenvalue weighted by molar-refractivity contribution is 5.95. The summed E-state index contributed by atoms with van der Waals surface area (Å²) in [7, 11) is 4.69. The first-order chi connectivity index (χ1) is 17.9. The molecular formula is C28H38N4O5. The number of methoxy groups -OCH3 is 3. The maximum Gasteiger partial charge on any atom is 0.261 e. The fourth-order valence-corrected chi connectivity index (χ4v) is 4.39. The molecule has 0 radical (unpaired) electrons. The van der Waals surface area contributed by atoms with Gasteiger partial charge in [0, 0.05) is 25.3 Å². The molecule has 0 unspecified atom stereocenters. The van der Waals surface area contributed by atoms with E-state index in [0.717, 1.165) is 25.7 Å². The smallest absolute Gasteiger partial charge is 0.261 e. The van der Waals surface area contributed by atoms with Crippen molar-refractivity contribution in [2.24, 2.45) is 5.73 Å². The van der Waals surface area contributed by atoms with E-state index in [0.29, 0.717) is 60.0 Å². The highest BCUT2D eigenvalue weighted by atomic mass is 16.5. The Labute approximate surface area is 218 Å². The zero-order chi connectivity index (χ0) is 26.8. The van der Waals surface area contributed by atoms with Crippen LogP contribution in [0.2, 0.25) is 0 Å². The third-order valence-corrected chi connectivity index (χ3v) is 6.46. The lowest BCUT2D eigenvalue weighted by Gasteiger charge is -2.31. The van der Waals surface area contributed by atoms with Crippen molar-refractivity contribution in [3.63, 3.8) is 0 Å². The van der Waals surface area contributed by atoms with Gasteiger partial charge in [0.05, 0.1) is 44.3 Å². The van der Waals surface area contributed by atoms with Crippen LogP contribution in [0.3, 0.4) is 0 Å². The molecule has 0 saturated heterocycles. The van der Waals surface area contributed by atoms with Gasteiger partial charge in [-0.2, -0.15) is 0 Å². The Morgan fingerprint density at radius 2 is 1.70 bits per heavy atom. The lowest BCUT2D eigenvalue weighted by Crippen LogP contribution is -2.39. The summed E-state index contributed by atoms with van der Waals surface area (Å²) in [4.78, 5) is 34.0. The number of aromatic nitrogens is 2. The molecule has 1 aromatic heterocycles. The van der Waals surface area contributed by atoms with Crippen LogP contribution in [-0.2, 0) is 11.3 Å². The number of nitrogens with zero attached hydrogens (tertiary/aromatic N) is 3. The van der Waals surface area contributed by atoms with E-state index in [1.807, 2.05) is 25.1 Å². The summed E-state index contributed by atoms with van der Waals surface area (Å²) < 4.78 is 17.7. The van der Waals surface area contributed by atoms with Crippen molar-refractivity contribution in [2.45, 2.75) is 45.2 Å². The molecule has 37 heavy (non-hydrogen) atoms. The van der Waals surface area contributed by atoms with Gasteiger partial charge in [0.2, 0.25) is 0 Å². The van der Waals surface area contributed by atoms with Crippen molar-refractivity contribution >= 4 is 16.8 Å². The molecule has 200 valence electrons. The third kappa shape index (κ3) is 6.87. The van der Waals surface area contributed by atoms with Crippen molar-refractivity contribution in [2.75, 3.05) is 41.0 Å². The second kappa shape index (κ2) is 13.8. The normalized spacial score (nSPS) is 11.9. The maximum atomic E-state index is 13.9. The lowest BCUT2D eigenvalue weighted by molar-refractivity contribution is 0.0672. The molecule has 0 saturated carbocycles. The Morgan fingerprint density at radius 3 is 2.35 bits per heavy atom. The number of carbonyl (C=O) groups is 1. The fourth-order valence-electron chi connectivity index (χ4n) is 4.39. The number of hydrogen-bond donors (Lipinski definition) is 1. The molecule has 3 rings (SSSR count). The van der Waals surface area contributed by atoms with Crippen LogP contribution in [0.15, 0.2) is 47.3 Å². The number of benzene rings is 2. The molecule has 3 aromatic rings. The van der Waals surface area contributed by atoms with Crippen LogP contribution in [0.1, 0.15) is 54.8 Å². The second-order valence-corrected chi connectivity index (χ2v) is 8.92. The Morgan fingerprint density at radius 1 is 1.03 bits per heavy atom. The highest BCUT2D eigenvalue weighted by Gasteiger charge is 2.27. The Kier molecular flexibility index (Phi) is 10.5. The minimum Gasteiger partial charge on any atom is -0.497 e. The van der Waals surface area contributed by atoms with Gasteiger partial charge in [0.25, 0.3) is 11.5 Å². The number of amides is 1. The molecule has 0 aliphatic heterocycles. The number of ether oxygens (including phenoxy) is 3. The molecule has 9 nitrogen and oxygen atoms in total. The molecule has 0 aliphatic rings. The van der Waals surface area contributed by atoms with E-state index in [2.05, 4.69) is 0 Å². The number of nitrogens with two attached hydrogens (primary N) is 1. The summed E-state index contributed by atoms with van der Waals surface area (Å²) in [6.07, 6.45) is 3.68. The zero-order valence-electron chi connectivity index (χ0n) is 22.2. The number of hydrogen-bond acceptors (Lipinski definition) is 7. The van der Waals surface area contributed by atoms with Crippen molar-refractivity contribution in [1.82, 2.24) is 14.5 Å². The number of rotatable bonds is 14. The Bertz CT molecular complexity index is 1220. The molecule has 0 bridgehead atoms. The second-order valence-electron chi connectivity index (χ2n) is 8.92. The summed E-state index contributed by atoms with van der Waals surface area (Å²) in [5.74, 6) is 1.38. The van der Waals surface area contributed by atoms with E-state index in [1.165, 1.54) is 0 Å². The van der Waals surface area contributed by atoms with Gasteiger partial charge in [-0.25, -0.2) is 4.98 Å². The quantitative estimate of drug-likeness (QED) is 0.329. The monoisotopic (exact) mass is 510 g/mol.